The normalized spacial score (nSPS) is 15.2. The van der Waals surface area contributed by atoms with E-state index in [0.29, 0.717) is 0 Å². The van der Waals surface area contributed by atoms with Crippen LogP contribution in [0.2, 0.25) is 0 Å². The summed E-state index contributed by atoms with van der Waals surface area (Å²) in [4.78, 5) is 2.63. The van der Waals surface area contributed by atoms with Crippen LogP contribution in [0.5, 0.6) is 0 Å². The molecule has 0 saturated carbocycles. The van der Waals surface area contributed by atoms with E-state index in [-0.39, 0.29) is 10.8 Å². The third kappa shape index (κ3) is 5.00. The van der Waals surface area contributed by atoms with Gasteiger partial charge in [-0.15, -0.1) is 0 Å². The fourth-order valence-electron chi connectivity index (χ4n) is 12.2. The van der Waals surface area contributed by atoms with Crippen molar-refractivity contribution < 1.29 is 0 Å². The van der Waals surface area contributed by atoms with Crippen molar-refractivity contribution in [1.82, 2.24) is 0 Å². The molecule has 64 heavy (non-hydrogen) atoms. The summed E-state index contributed by atoms with van der Waals surface area (Å²) in [5.41, 5.74) is 16.8. The van der Waals surface area contributed by atoms with Crippen molar-refractivity contribution in [3.05, 3.63) is 235 Å². The molecule has 1 aliphatic heterocycles. The van der Waals surface area contributed by atoms with E-state index in [1.165, 1.54) is 115 Å². The molecule has 0 aromatic heterocycles. The summed E-state index contributed by atoms with van der Waals surface area (Å²) < 4.78 is 0. The van der Waals surface area contributed by atoms with Gasteiger partial charge in [-0.25, -0.2) is 0 Å². The molecule has 10 aromatic carbocycles. The number of hydrogen-bond donors (Lipinski definition) is 0. The topological polar surface area (TPSA) is 3.24 Å². The molecular formula is C62H47NSi. The van der Waals surface area contributed by atoms with Gasteiger partial charge < -0.3 is 4.90 Å². The molecule has 1 nitrogen and oxygen atoms in total. The Balaban J connectivity index is 1.14. The van der Waals surface area contributed by atoms with Crippen molar-refractivity contribution in [2.75, 3.05) is 4.90 Å². The Kier molecular flexibility index (Phi) is 7.80. The number of rotatable bonds is 5. The zero-order valence-electron chi connectivity index (χ0n) is 36.7. The van der Waals surface area contributed by atoms with Crippen molar-refractivity contribution in [2.45, 2.75) is 38.5 Å². The highest BCUT2D eigenvalue weighted by Gasteiger charge is 2.51. The van der Waals surface area contributed by atoms with Gasteiger partial charge in [-0.2, -0.15) is 0 Å². The summed E-state index contributed by atoms with van der Waals surface area (Å²) >= 11 is 0. The quantitative estimate of drug-likeness (QED) is 0.156. The summed E-state index contributed by atoms with van der Waals surface area (Å²) in [5, 5.41) is 10.7. The maximum Gasteiger partial charge on any atom is 0.183 e. The van der Waals surface area contributed by atoms with Gasteiger partial charge in [-0.05, 0) is 128 Å². The Bertz CT molecular complexity index is 3400. The molecular weight excluding hydrogens is 787 g/mol. The SMILES string of the molecule is CC1(C)c2ccccc2-c2ccc(N(c3ccc4c(c3)C(C)(C)c3ccccc3-4)c3cccc4c3[Si](c3ccc5ccccc5c3)(c3ccc5ccccc5c3)c3ccccc3-4)cc21. The molecule has 0 saturated heterocycles. The average Bonchev–Trinajstić information content (AvgIpc) is 3.86. The number of fused-ring (bicyclic) bond motifs is 11. The van der Waals surface area contributed by atoms with Crippen LogP contribution >= 0.6 is 0 Å². The van der Waals surface area contributed by atoms with E-state index >= 15 is 0 Å². The second-order valence-electron chi connectivity index (χ2n) is 19.3. The van der Waals surface area contributed by atoms with Crippen molar-refractivity contribution in [2.24, 2.45) is 0 Å². The molecule has 0 bridgehead atoms. The van der Waals surface area contributed by atoms with Crippen molar-refractivity contribution in [3.8, 4) is 33.4 Å². The second kappa shape index (κ2) is 13.4. The van der Waals surface area contributed by atoms with Crippen LogP contribution in [0.1, 0.15) is 49.9 Å². The lowest BCUT2D eigenvalue weighted by Crippen LogP contribution is -2.73. The zero-order valence-corrected chi connectivity index (χ0v) is 37.7. The Morgan fingerprint density at radius 3 is 1.31 bits per heavy atom. The van der Waals surface area contributed by atoms with Gasteiger partial charge in [0.1, 0.15) is 0 Å². The standard InChI is InChI=1S/C62H47NSi/c1-61(2)54-24-12-9-20-48(54)50-34-30-44(38-56(50)61)63(45-31-35-51-49-21-10-13-25-55(49)62(3,4)57(51)39-45)58-26-15-23-53-52-22-11-14-27-59(52)64(60(53)58,46-32-28-40-16-5-7-18-42(40)36-46)47-33-29-41-17-6-8-19-43(41)37-47/h5-39H,1-4H3. The first-order chi connectivity index (χ1) is 31.2. The Labute approximate surface area is 377 Å². The average molecular weight is 834 g/mol. The predicted octanol–water partition coefficient (Wildman–Crippen LogP) is 13.4. The summed E-state index contributed by atoms with van der Waals surface area (Å²) in [7, 11) is -3.08. The molecule has 13 rings (SSSR count). The first-order valence-electron chi connectivity index (χ1n) is 22.8. The summed E-state index contributed by atoms with van der Waals surface area (Å²) in [6.45, 7) is 9.59. The Morgan fingerprint density at radius 1 is 0.328 bits per heavy atom. The molecule has 0 N–H and O–H groups in total. The predicted molar refractivity (Wildman–Crippen MR) is 274 cm³/mol. The summed E-state index contributed by atoms with van der Waals surface area (Å²) in [5.74, 6) is 0. The summed E-state index contributed by atoms with van der Waals surface area (Å²) in [6.07, 6.45) is 0. The monoisotopic (exact) mass is 833 g/mol. The van der Waals surface area contributed by atoms with Crippen LogP contribution in [-0.2, 0) is 10.8 Å². The molecule has 3 aliphatic rings. The minimum atomic E-state index is -3.08. The van der Waals surface area contributed by atoms with E-state index in [1.807, 2.05) is 0 Å². The molecule has 304 valence electrons. The van der Waals surface area contributed by atoms with E-state index in [2.05, 4.69) is 245 Å². The molecule has 2 aliphatic carbocycles. The maximum atomic E-state index is 2.63. The minimum absolute atomic E-state index is 0.154. The van der Waals surface area contributed by atoms with Crippen molar-refractivity contribution in [1.29, 1.82) is 0 Å². The Hall–Kier alpha value is -7.26. The molecule has 0 atom stereocenters. The van der Waals surface area contributed by atoms with E-state index in [0.717, 1.165) is 0 Å². The van der Waals surface area contributed by atoms with Crippen molar-refractivity contribution in [3.63, 3.8) is 0 Å². The lowest BCUT2D eigenvalue weighted by atomic mass is 9.82. The molecule has 0 amide bonds. The number of benzene rings is 10. The third-order valence-electron chi connectivity index (χ3n) is 15.3. The molecule has 10 aromatic rings. The molecule has 1 heterocycles. The maximum absolute atomic E-state index is 3.08. The van der Waals surface area contributed by atoms with Crippen molar-refractivity contribution >= 4 is 67.4 Å². The van der Waals surface area contributed by atoms with Gasteiger partial charge in [0.25, 0.3) is 0 Å². The minimum Gasteiger partial charge on any atom is -0.311 e. The zero-order chi connectivity index (χ0) is 43.0. The van der Waals surface area contributed by atoms with E-state index < -0.39 is 8.07 Å². The van der Waals surface area contributed by atoms with Crippen LogP contribution < -0.4 is 25.6 Å². The van der Waals surface area contributed by atoms with Gasteiger partial charge in [-0.3, -0.25) is 0 Å². The second-order valence-corrected chi connectivity index (χ2v) is 22.9. The first kappa shape index (κ1) is 37.3. The number of hydrogen-bond acceptors (Lipinski definition) is 1. The van der Waals surface area contributed by atoms with Crippen LogP contribution in [0.25, 0.3) is 54.9 Å². The lowest BCUT2D eigenvalue weighted by Gasteiger charge is -2.37. The first-order valence-corrected chi connectivity index (χ1v) is 24.8. The van der Waals surface area contributed by atoms with Crippen LogP contribution in [0, 0.1) is 0 Å². The van der Waals surface area contributed by atoms with Crippen LogP contribution in [0.4, 0.5) is 17.1 Å². The highest BCUT2D eigenvalue weighted by atomic mass is 28.3. The highest BCUT2D eigenvalue weighted by molar-refractivity contribution is 7.23. The molecule has 0 spiro atoms. The van der Waals surface area contributed by atoms with Gasteiger partial charge in [0.15, 0.2) is 8.07 Å². The molecule has 0 radical (unpaired) electrons. The lowest BCUT2D eigenvalue weighted by molar-refractivity contribution is 0.660. The van der Waals surface area contributed by atoms with Gasteiger partial charge in [0.05, 0.1) is 0 Å². The van der Waals surface area contributed by atoms with Crippen LogP contribution in [0.3, 0.4) is 0 Å². The smallest absolute Gasteiger partial charge is 0.183 e. The van der Waals surface area contributed by atoms with Crippen LogP contribution in [0.15, 0.2) is 212 Å². The van der Waals surface area contributed by atoms with Gasteiger partial charge in [-0.1, -0.05) is 210 Å². The Morgan fingerprint density at radius 2 is 0.766 bits per heavy atom. The van der Waals surface area contributed by atoms with E-state index in [1.54, 1.807) is 0 Å². The number of nitrogens with zero attached hydrogens (tertiary/aromatic N) is 1. The fourth-order valence-corrected chi connectivity index (χ4v) is 17.6. The van der Waals surface area contributed by atoms with E-state index in [9.17, 15) is 0 Å². The molecule has 0 unspecified atom stereocenters. The van der Waals surface area contributed by atoms with Gasteiger partial charge in [0, 0.05) is 27.9 Å². The molecule has 2 heteroatoms. The number of anilines is 3. The largest absolute Gasteiger partial charge is 0.311 e. The van der Waals surface area contributed by atoms with Crippen LogP contribution in [-0.4, -0.2) is 8.07 Å². The van der Waals surface area contributed by atoms with E-state index in [4.69, 9.17) is 0 Å². The fraction of sp³-hybridized carbons (Fsp3) is 0.0968. The molecule has 0 fully saturated rings. The van der Waals surface area contributed by atoms with Gasteiger partial charge >= 0.3 is 0 Å². The third-order valence-corrected chi connectivity index (χ3v) is 20.2. The summed E-state index contributed by atoms with van der Waals surface area (Å²) in [6, 6.07) is 81.5. The highest BCUT2D eigenvalue weighted by Crippen LogP contribution is 2.53. The van der Waals surface area contributed by atoms with Gasteiger partial charge in [0.2, 0.25) is 0 Å².